The molecule has 0 spiro atoms. The lowest BCUT2D eigenvalue weighted by molar-refractivity contribution is -0.132. The standard InChI is InChI=1S/C12H24N2O/c1-4-10(5-2)8-12(15)14(3)11-6-7-13-9-11/h10-11,13H,4-9H2,1-3H3. The number of rotatable bonds is 5. The van der Waals surface area contributed by atoms with Crippen molar-refractivity contribution in [2.75, 3.05) is 20.1 Å². The lowest BCUT2D eigenvalue weighted by atomic mass is 9.98. The van der Waals surface area contributed by atoms with E-state index in [0.717, 1.165) is 38.8 Å². The maximum absolute atomic E-state index is 12.0. The third kappa shape index (κ3) is 3.49. The second-order valence-electron chi connectivity index (χ2n) is 4.54. The number of carbonyl (C=O) groups is 1. The van der Waals surface area contributed by atoms with Crippen molar-refractivity contribution in [3.05, 3.63) is 0 Å². The molecule has 0 bridgehead atoms. The van der Waals surface area contributed by atoms with Gasteiger partial charge in [-0.2, -0.15) is 0 Å². The van der Waals surface area contributed by atoms with Crippen molar-refractivity contribution in [3.63, 3.8) is 0 Å². The van der Waals surface area contributed by atoms with Crippen molar-refractivity contribution in [2.45, 2.75) is 45.6 Å². The van der Waals surface area contributed by atoms with Gasteiger partial charge in [-0.3, -0.25) is 4.79 Å². The van der Waals surface area contributed by atoms with Gasteiger partial charge in [-0.15, -0.1) is 0 Å². The number of likely N-dealkylation sites (N-methyl/N-ethyl adjacent to an activating group) is 1. The number of nitrogens with zero attached hydrogens (tertiary/aromatic N) is 1. The zero-order valence-corrected chi connectivity index (χ0v) is 10.3. The summed E-state index contributed by atoms with van der Waals surface area (Å²) in [5.41, 5.74) is 0. The average Bonchev–Trinajstić information content (AvgIpc) is 2.77. The summed E-state index contributed by atoms with van der Waals surface area (Å²) in [7, 11) is 1.95. The second kappa shape index (κ2) is 6.11. The van der Waals surface area contributed by atoms with E-state index in [9.17, 15) is 4.79 Å². The minimum atomic E-state index is 0.317. The van der Waals surface area contributed by atoms with Gasteiger partial charge < -0.3 is 10.2 Å². The number of nitrogens with one attached hydrogen (secondary N) is 1. The highest BCUT2D eigenvalue weighted by Gasteiger charge is 2.24. The van der Waals surface area contributed by atoms with Crippen molar-refractivity contribution in [1.82, 2.24) is 10.2 Å². The molecular formula is C12H24N2O. The topological polar surface area (TPSA) is 32.3 Å². The van der Waals surface area contributed by atoms with E-state index in [0.29, 0.717) is 17.9 Å². The van der Waals surface area contributed by atoms with Gasteiger partial charge in [0.25, 0.3) is 0 Å². The Morgan fingerprint density at radius 2 is 2.13 bits per heavy atom. The molecule has 1 heterocycles. The van der Waals surface area contributed by atoms with Gasteiger partial charge in [-0.25, -0.2) is 0 Å². The highest BCUT2D eigenvalue weighted by atomic mass is 16.2. The maximum Gasteiger partial charge on any atom is 0.222 e. The molecule has 3 nitrogen and oxygen atoms in total. The first kappa shape index (κ1) is 12.5. The average molecular weight is 212 g/mol. The molecule has 0 radical (unpaired) electrons. The molecule has 88 valence electrons. The molecule has 1 aliphatic rings. The molecule has 1 saturated heterocycles. The van der Waals surface area contributed by atoms with Crippen molar-refractivity contribution in [3.8, 4) is 0 Å². The largest absolute Gasteiger partial charge is 0.341 e. The molecule has 1 atom stereocenters. The van der Waals surface area contributed by atoms with Gasteiger partial charge in [-0.1, -0.05) is 26.7 Å². The first-order valence-electron chi connectivity index (χ1n) is 6.15. The number of hydrogen-bond donors (Lipinski definition) is 1. The quantitative estimate of drug-likeness (QED) is 0.751. The predicted molar refractivity (Wildman–Crippen MR) is 62.7 cm³/mol. The minimum absolute atomic E-state index is 0.317. The SMILES string of the molecule is CCC(CC)CC(=O)N(C)C1CCNC1. The van der Waals surface area contributed by atoms with E-state index in [1.807, 2.05) is 11.9 Å². The van der Waals surface area contributed by atoms with Crippen molar-refractivity contribution >= 4 is 5.91 Å². The van der Waals surface area contributed by atoms with Gasteiger partial charge in [0.15, 0.2) is 0 Å². The monoisotopic (exact) mass is 212 g/mol. The summed E-state index contributed by atoms with van der Waals surface area (Å²) in [6, 6.07) is 0.423. The van der Waals surface area contributed by atoms with Crippen LogP contribution in [0.1, 0.15) is 39.5 Å². The van der Waals surface area contributed by atoms with Crippen LogP contribution in [0.4, 0.5) is 0 Å². The van der Waals surface area contributed by atoms with E-state index in [1.165, 1.54) is 0 Å². The summed E-state index contributed by atoms with van der Waals surface area (Å²) >= 11 is 0. The first-order chi connectivity index (χ1) is 7.19. The first-order valence-corrected chi connectivity index (χ1v) is 6.15. The van der Waals surface area contributed by atoms with Gasteiger partial charge in [0.2, 0.25) is 5.91 Å². The van der Waals surface area contributed by atoms with Crippen LogP contribution in [0.5, 0.6) is 0 Å². The molecular weight excluding hydrogens is 188 g/mol. The number of carbonyl (C=O) groups excluding carboxylic acids is 1. The van der Waals surface area contributed by atoms with E-state index in [4.69, 9.17) is 0 Å². The van der Waals surface area contributed by atoms with E-state index < -0.39 is 0 Å². The summed E-state index contributed by atoms with van der Waals surface area (Å²) in [5, 5.41) is 3.30. The normalized spacial score (nSPS) is 20.9. The zero-order valence-electron chi connectivity index (χ0n) is 10.3. The van der Waals surface area contributed by atoms with E-state index in [1.54, 1.807) is 0 Å². The fraction of sp³-hybridized carbons (Fsp3) is 0.917. The third-order valence-electron chi connectivity index (χ3n) is 3.59. The van der Waals surface area contributed by atoms with Crippen LogP contribution in [-0.2, 0) is 4.79 Å². The Balaban J connectivity index is 2.37. The smallest absolute Gasteiger partial charge is 0.222 e. The van der Waals surface area contributed by atoms with E-state index in [-0.39, 0.29) is 0 Å². The molecule has 3 heteroatoms. The highest BCUT2D eigenvalue weighted by Crippen LogP contribution is 2.16. The Labute approximate surface area is 93.2 Å². The van der Waals surface area contributed by atoms with E-state index >= 15 is 0 Å². The summed E-state index contributed by atoms with van der Waals surface area (Å²) in [5.74, 6) is 0.881. The fourth-order valence-corrected chi connectivity index (χ4v) is 2.14. The van der Waals surface area contributed by atoms with Crippen molar-refractivity contribution < 1.29 is 4.79 Å². The molecule has 1 rings (SSSR count). The lowest BCUT2D eigenvalue weighted by Crippen LogP contribution is -2.39. The molecule has 0 saturated carbocycles. The third-order valence-corrected chi connectivity index (χ3v) is 3.59. The second-order valence-corrected chi connectivity index (χ2v) is 4.54. The maximum atomic E-state index is 12.0. The van der Waals surface area contributed by atoms with Gasteiger partial charge in [-0.05, 0) is 18.9 Å². The van der Waals surface area contributed by atoms with Crippen LogP contribution >= 0.6 is 0 Å². The van der Waals surface area contributed by atoms with Crippen molar-refractivity contribution in [1.29, 1.82) is 0 Å². The van der Waals surface area contributed by atoms with Gasteiger partial charge in [0, 0.05) is 26.1 Å². The minimum Gasteiger partial charge on any atom is -0.341 e. The zero-order chi connectivity index (χ0) is 11.3. The Bertz CT molecular complexity index is 196. The molecule has 0 aromatic carbocycles. The van der Waals surface area contributed by atoms with Crippen LogP contribution in [0.2, 0.25) is 0 Å². The molecule has 1 aliphatic heterocycles. The molecule has 1 unspecified atom stereocenters. The molecule has 1 fully saturated rings. The Hall–Kier alpha value is -0.570. The molecule has 0 aromatic rings. The van der Waals surface area contributed by atoms with Crippen LogP contribution in [0.25, 0.3) is 0 Å². The molecule has 1 amide bonds. The molecule has 15 heavy (non-hydrogen) atoms. The predicted octanol–water partition coefficient (Wildman–Crippen LogP) is 1.63. The Morgan fingerprint density at radius 3 is 2.60 bits per heavy atom. The lowest BCUT2D eigenvalue weighted by Gasteiger charge is -2.25. The van der Waals surface area contributed by atoms with Crippen LogP contribution in [-0.4, -0.2) is 37.0 Å². The molecule has 0 aromatic heterocycles. The van der Waals surface area contributed by atoms with E-state index in [2.05, 4.69) is 19.2 Å². The summed E-state index contributed by atoms with van der Waals surface area (Å²) < 4.78 is 0. The van der Waals surface area contributed by atoms with Gasteiger partial charge >= 0.3 is 0 Å². The van der Waals surface area contributed by atoms with Crippen LogP contribution < -0.4 is 5.32 Å². The van der Waals surface area contributed by atoms with Gasteiger partial charge in [0.1, 0.15) is 0 Å². The van der Waals surface area contributed by atoms with Crippen molar-refractivity contribution in [2.24, 2.45) is 5.92 Å². The van der Waals surface area contributed by atoms with Crippen LogP contribution in [0.15, 0.2) is 0 Å². The summed E-state index contributed by atoms with van der Waals surface area (Å²) in [6.45, 7) is 6.34. The highest BCUT2D eigenvalue weighted by molar-refractivity contribution is 5.76. The Kier molecular flexibility index (Phi) is 5.09. The number of hydrogen-bond acceptors (Lipinski definition) is 2. The number of amides is 1. The summed E-state index contributed by atoms with van der Waals surface area (Å²) in [4.78, 5) is 13.9. The van der Waals surface area contributed by atoms with Crippen LogP contribution in [0.3, 0.4) is 0 Å². The van der Waals surface area contributed by atoms with Gasteiger partial charge in [0.05, 0.1) is 0 Å². The molecule has 1 N–H and O–H groups in total. The summed E-state index contributed by atoms with van der Waals surface area (Å²) in [6.07, 6.45) is 4.04. The van der Waals surface area contributed by atoms with Crippen LogP contribution in [0, 0.1) is 5.92 Å². The fourth-order valence-electron chi connectivity index (χ4n) is 2.14. The Morgan fingerprint density at radius 1 is 1.47 bits per heavy atom. The molecule has 0 aliphatic carbocycles.